The van der Waals surface area contributed by atoms with Gasteiger partial charge in [-0.25, -0.2) is 0 Å². The molecule has 0 radical (unpaired) electrons. The summed E-state index contributed by atoms with van der Waals surface area (Å²) in [5, 5.41) is 0. The largest absolute Gasteiger partial charge is 0.103 e. The summed E-state index contributed by atoms with van der Waals surface area (Å²) in [7, 11) is 0. The summed E-state index contributed by atoms with van der Waals surface area (Å²) in [5.41, 5.74) is 1.10. The lowest BCUT2D eigenvalue weighted by Gasteiger charge is -2.22. The van der Waals surface area contributed by atoms with Crippen molar-refractivity contribution in [2.24, 2.45) is 0 Å². The first-order valence-electron chi connectivity index (χ1n) is 5.47. The normalized spacial score (nSPS) is 14.1. The lowest BCUT2D eigenvalue weighted by molar-refractivity contribution is 1.21. The predicted molar refractivity (Wildman–Crippen MR) is 87.0 cm³/mol. The molecular formula is C15H13BrS2. The molecule has 92 valence electrons. The quantitative estimate of drug-likeness (QED) is 0.602. The van der Waals surface area contributed by atoms with Crippen LogP contribution in [-0.2, 0) is 0 Å². The molecule has 1 aliphatic rings. The van der Waals surface area contributed by atoms with Gasteiger partial charge in [0.25, 0.3) is 0 Å². The van der Waals surface area contributed by atoms with Crippen molar-refractivity contribution in [3.63, 3.8) is 0 Å². The molecule has 0 amide bonds. The van der Waals surface area contributed by atoms with Gasteiger partial charge in [0, 0.05) is 24.1 Å². The Labute approximate surface area is 125 Å². The highest BCUT2D eigenvalue weighted by Gasteiger charge is 2.21. The topological polar surface area (TPSA) is 0 Å². The lowest BCUT2D eigenvalue weighted by atomic mass is 10.2. The van der Waals surface area contributed by atoms with E-state index in [2.05, 4.69) is 53.9 Å². The second-order valence-corrected chi connectivity index (χ2v) is 6.72. The number of rotatable bonds is 4. The first-order chi connectivity index (χ1) is 8.67. The molecule has 1 aliphatic heterocycles. The standard InChI is InChI=1S/C15H13BrS2/c1-4-7-10(3)14-12(5-2)17-13-9-6-8-11(16)15(13)18-14/h4-6,8-9H,1-3,7H2. The zero-order valence-corrected chi connectivity index (χ0v) is 13.1. The van der Waals surface area contributed by atoms with Crippen molar-refractivity contribution >= 4 is 39.5 Å². The fourth-order valence-corrected chi connectivity index (χ4v) is 4.73. The third-order valence-electron chi connectivity index (χ3n) is 2.48. The van der Waals surface area contributed by atoms with E-state index in [4.69, 9.17) is 0 Å². The third kappa shape index (κ3) is 2.68. The number of allylic oxidation sites excluding steroid dienone is 3. The average molecular weight is 337 g/mol. The van der Waals surface area contributed by atoms with Crippen LogP contribution in [0.5, 0.6) is 0 Å². The average Bonchev–Trinajstić information content (AvgIpc) is 2.38. The van der Waals surface area contributed by atoms with E-state index in [9.17, 15) is 0 Å². The maximum Gasteiger partial charge on any atom is 0.0404 e. The van der Waals surface area contributed by atoms with Crippen LogP contribution in [0.1, 0.15) is 6.42 Å². The minimum absolute atomic E-state index is 0.806. The van der Waals surface area contributed by atoms with Gasteiger partial charge in [0.1, 0.15) is 0 Å². The van der Waals surface area contributed by atoms with Crippen LogP contribution >= 0.6 is 39.5 Å². The lowest BCUT2D eigenvalue weighted by Crippen LogP contribution is -1.95. The highest BCUT2D eigenvalue weighted by Crippen LogP contribution is 2.51. The van der Waals surface area contributed by atoms with Crippen molar-refractivity contribution < 1.29 is 0 Å². The summed E-state index contributed by atoms with van der Waals surface area (Å²) in [6.07, 6.45) is 4.60. The van der Waals surface area contributed by atoms with E-state index in [0.717, 1.165) is 16.5 Å². The fraction of sp³-hybridized carbons (Fsp3) is 0.0667. The number of halogens is 1. The summed E-state index contributed by atoms with van der Waals surface area (Å²) >= 11 is 7.11. The molecule has 0 atom stereocenters. The molecule has 0 spiro atoms. The molecule has 3 heteroatoms. The van der Waals surface area contributed by atoms with Gasteiger partial charge in [-0.3, -0.25) is 0 Å². The summed E-state index contributed by atoms with van der Waals surface area (Å²) in [4.78, 5) is 4.90. The predicted octanol–water partition coefficient (Wildman–Crippen LogP) is 6.18. The smallest absolute Gasteiger partial charge is 0.0404 e. The van der Waals surface area contributed by atoms with Gasteiger partial charge >= 0.3 is 0 Å². The molecule has 0 fully saturated rings. The monoisotopic (exact) mass is 336 g/mol. The van der Waals surface area contributed by atoms with Crippen molar-refractivity contribution in [1.29, 1.82) is 0 Å². The molecule has 0 unspecified atom stereocenters. The van der Waals surface area contributed by atoms with Crippen LogP contribution in [0.4, 0.5) is 0 Å². The molecule has 0 saturated carbocycles. The summed E-state index contributed by atoms with van der Waals surface area (Å²) in [6.45, 7) is 11.8. The molecule has 0 aliphatic carbocycles. The zero-order valence-electron chi connectivity index (χ0n) is 9.91. The first kappa shape index (κ1) is 13.8. The molecule has 1 aromatic rings. The van der Waals surface area contributed by atoms with Crippen molar-refractivity contribution in [3.8, 4) is 0 Å². The summed E-state index contributed by atoms with van der Waals surface area (Å²) in [6, 6.07) is 6.26. The number of hydrogen-bond acceptors (Lipinski definition) is 2. The Hall–Kier alpha value is -0.640. The molecule has 0 N–H and O–H groups in total. The van der Waals surface area contributed by atoms with Gasteiger partial charge in [0.2, 0.25) is 0 Å². The summed E-state index contributed by atoms with van der Waals surface area (Å²) < 4.78 is 1.13. The van der Waals surface area contributed by atoms with Crippen LogP contribution < -0.4 is 0 Å². The van der Waals surface area contributed by atoms with E-state index < -0.39 is 0 Å². The van der Waals surface area contributed by atoms with E-state index in [1.165, 1.54) is 19.6 Å². The Balaban J connectivity index is 2.43. The minimum Gasteiger partial charge on any atom is -0.103 e. The fourth-order valence-electron chi connectivity index (χ4n) is 1.63. The van der Waals surface area contributed by atoms with Crippen molar-refractivity contribution in [3.05, 3.63) is 69.9 Å². The highest BCUT2D eigenvalue weighted by atomic mass is 79.9. The Morgan fingerprint density at radius 3 is 2.72 bits per heavy atom. The molecular weight excluding hydrogens is 324 g/mol. The Morgan fingerprint density at radius 2 is 2.06 bits per heavy atom. The SMILES string of the molecule is C=CCC(=C)C1=C(C=C)Sc2cccc(Br)c2S1. The van der Waals surface area contributed by atoms with Crippen LogP contribution in [0.25, 0.3) is 0 Å². The van der Waals surface area contributed by atoms with E-state index in [1.807, 2.05) is 12.2 Å². The van der Waals surface area contributed by atoms with Crippen molar-refractivity contribution in [2.75, 3.05) is 0 Å². The maximum absolute atomic E-state index is 4.14. The van der Waals surface area contributed by atoms with E-state index in [0.29, 0.717) is 0 Å². The van der Waals surface area contributed by atoms with Gasteiger partial charge < -0.3 is 0 Å². The summed E-state index contributed by atoms with van der Waals surface area (Å²) in [5.74, 6) is 0. The van der Waals surface area contributed by atoms with E-state index in [1.54, 1.807) is 23.5 Å². The number of hydrogen-bond donors (Lipinski definition) is 0. The van der Waals surface area contributed by atoms with Gasteiger partial charge in [0.15, 0.2) is 0 Å². The molecule has 18 heavy (non-hydrogen) atoms. The molecule has 0 nitrogen and oxygen atoms in total. The van der Waals surface area contributed by atoms with Crippen molar-refractivity contribution in [2.45, 2.75) is 16.2 Å². The van der Waals surface area contributed by atoms with Crippen LogP contribution in [0.2, 0.25) is 0 Å². The van der Waals surface area contributed by atoms with Crippen LogP contribution in [0.15, 0.2) is 79.7 Å². The second kappa shape index (κ2) is 6.00. The van der Waals surface area contributed by atoms with Crippen molar-refractivity contribution in [1.82, 2.24) is 0 Å². The van der Waals surface area contributed by atoms with Gasteiger partial charge in [-0.2, -0.15) is 0 Å². The van der Waals surface area contributed by atoms with Gasteiger partial charge in [-0.1, -0.05) is 54.9 Å². The van der Waals surface area contributed by atoms with Crippen LogP contribution in [0, 0.1) is 0 Å². The number of thioether (sulfide) groups is 2. The maximum atomic E-state index is 4.14. The molecule has 0 bridgehead atoms. The number of fused-ring (bicyclic) bond motifs is 1. The van der Waals surface area contributed by atoms with Gasteiger partial charge in [-0.15, -0.1) is 6.58 Å². The van der Waals surface area contributed by atoms with Crippen LogP contribution in [0.3, 0.4) is 0 Å². The molecule has 0 aromatic heterocycles. The molecule has 0 saturated heterocycles. The molecule has 2 rings (SSSR count). The molecule has 1 aromatic carbocycles. The first-order valence-corrected chi connectivity index (χ1v) is 7.90. The highest BCUT2D eigenvalue weighted by molar-refractivity contribution is 9.10. The third-order valence-corrected chi connectivity index (χ3v) is 6.17. The van der Waals surface area contributed by atoms with E-state index >= 15 is 0 Å². The van der Waals surface area contributed by atoms with E-state index in [-0.39, 0.29) is 0 Å². The second-order valence-electron chi connectivity index (χ2n) is 3.77. The minimum atomic E-state index is 0.806. The van der Waals surface area contributed by atoms with Gasteiger partial charge in [-0.05, 0) is 40.1 Å². The Bertz CT molecular complexity index is 556. The van der Waals surface area contributed by atoms with Gasteiger partial charge in [0.05, 0.1) is 0 Å². The molecule has 1 heterocycles. The Kier molecular flexibility index (Phi) is 4.60. The zero-order chi connectivity index (χ0) is 13.1. The van der Waals surface area contributed by atoms with Crippen LogP contribution in [-0.4, -0.2) is 0 Å². The number of benzene rings is 1. The Morgan fingerprint density at radius 1 is 1.28 bits per heavy atom.